The fourth-order valence-electron chi connectivity index (χ4n) is 1.02. The van der Waals surface area contributed by atoms with E-state index in [-0.39, 0.29) is 0 Å². The van der Waals surface area contributed by atoms with Crippen LogP contribution >= 0.6 is 0 Å². The van der Waals surface area contributed by atoms with E-state index in [1.165, 1.54) is 25.7 Å². The molecule has 1 aliphatic rings. The monoisotopic (exact) mass is 128 g/mol. The molecule has 0 heterocycles. The molecule has 0 aliphatic heterocycles. The molecule has 9 heavy (non-hydrogen) atoms. The molecule has 0 amide bonds. The Morgan fingerprint density at radius 2 is 2.22 bits per heavy atom. The maximum Gasteiger partial charge on any atom is 0.0428 e. The highest BCUT2D eigenvalue weighted by atomic mass is 14.9. The third-order valence-corrected chi connectivity index (χ3v) is 1.81. The van der Waals surface area contributed by atoms with E-state index in [1.807, 2.05) is 0 Å². The summed E-state index contributed by atoms with van der Waals surface area (Å²) in [5.74, 6) is 1.07. The Labute approximate surface area is 56.8 Å². The Morgan fingerprint density at radius 1 is 1.44 bits per heavy atom. The number of nitrogens with two attached hydrogens (primary N) is 1. The lowest BCUT2D eigenvalue weighted by Gasteiger charge is -1.98. The molecule has 1 saturated carbocycles. The van der Waals surface area contributed by atoms with Gasteiger partial charge in [-0.15, -0.1) is 0 Å². The molecule has 0 spiro atoms. The van der Waals surface area contributed by atoms with Gasteiger partial charge < -0.3 is 11.1 Å². The van der Waals surface area contributed by atoms with Crippen LogP contribution in [0.1, 0.15) is 25.7 Å². The standard InChI is InChI=1S/C7H16N2/c8-6-9-5-1-2-7-3-4-7/h7,9H,1-6,8H2. The maximum absolute atomic E-state index is 5.25. The summed E-state index contributed by atoms with van der Waals surface area (Å²) < 4.78 is 0. The fraction of sp³-hybridized carbons (Fsp3) is 1.00. The Hall–Kier alpha value is -0.0800. The van der Waals surface area contributed by atoms with E-state index >= 15 is 0 Å². The number of nitrogens with one attached hydrogen (secondary N) is 1. The van der Waals surface area contributed by atoms with Crippen LogP contribution in [-0.2, 0) is 0 Å². The third kappa shape index (κ3) is 3.49. The normalized spacial score (nSPS) is 18.3. The van der Waals surface area contributed by atoms with Gasteiger partial charge in [-0.05, 0) is 25.3 Å². The van der Waals surface area contributed by atoms with Crippen molar-refractivity contribution in [1.29, 1.82) is 0 Å². The Kier molecular flexibility index (Phi) is 3.01. The van der Waals surface area contributed by atoms with Crippen LogP contribution in [0.2, 0.25) is 0 Å². The summed E-state index contributed by atoms with van der Waals surface area (Å²) >= 11 is 0. The molecule has 0 unspecified atom stereocenters. The van der Waals surface area contributed by atoms with E-state index in [2.05, 4.69) is 5.32 Å². The van der Waals surface area contributed by atoms with Crippen LogP contribution in [0, 0.1) is 5.92 Å². The second kappa shape index (κ2) is 3.85. The second-order valence-corrected chi connectivity index (χ2v) is 2.79. The number of hydrogen-bond donors (Lipinski definition) is 2. The van der Waals surface area contributed by atoms with Gasteiger partial charge in [0.2, 0.25) is 0 Å². The molecule has 0 aromatic heterocycles. The van der Waals surface area contributed by atoms with Gasteiger partial charge in [-0.1, -0.05) is 12.8 Å². The van der Waals surface area contributed by atoms with Crippen molar-refractivity contribution in [2.24, 2.45) is 11.7 Å². The van der Waals surface area contributed by atoms with Crippen molar-refractivity contribution < 1.29 is 0 Å². The lowest BCUT2D eigenvalue weighted by atomic mass is 10.2. The van der Waals surface area contributed by atoms with Crippen LogP contribution in [0.4, 0.5) is 0 Å². The van der Waals surface area contributed by atoms with Gasteiger partial charge in [0, 0.05) is 6.67 Å². The zero-order valence-corrected chi connectivity index (χ0v) is 5.90. The molecule has 3 N–H and O–H groups in total. The van der Waals surface area contributed by atoms with Crippen LogP contribution in [0.15, 0.2) is 0 Å². The molecule has 1 fully saturated rings. The number of rotatable bonds is 5. The molecule has 0 atom stereocenters. The summed E-state index contributed by atoms with van der Waals surface area (Å²) in [7, 11) is 0. The van der Waals surface area contributed by atoms with Gasteiger partial charge in [0.25, 0.3) is 0 Å². The summed E-state index contributed by atoms with van der Waals surface area (Å²) in [6.45, 7) is 1.73. The van der Waals surface area contributed by atoms with E-state index < -0.39 is 0 Å². The molecule has 2 nitrogen and oxygen atoms in total. The average molecular weight is 128 g/mol. The van der Waals surface area contributed by atoms with E-state index in [1.54, 1.807) is 0 Å². The van der Waals surface area contributed by atoms with Gasteiger partial charge in [-0.25, -0.2) is 0 Å². The van der Waals surface area contributed by atoms with E-state index in [0.717, 1.165) is 12.5 Å². The molecule has 0 aromatic rings. The third-order valence-electron chi connectivity index (χ3n) is 1.81. The summed E-state index contributed by atoms with van der Waals surface area (Å²) in [4.78, 5) is 0. The van der Waals surface area contributed by atoms with Crippen molar-refractivity contribution in [2.75, 3.05) is 13.2 Å². The van der Waals surface area contributed by atoms with Crippen molar-refractivity contribution in [1.82, 2.24) is 5.32 Å². The molecule has 2 heteroatoms. The summed E-state index contributed by atoms with van der Waals surface area (Å²) in [6, 6.07) is 0. The molecule has 0 bridgehead atoms. The van der Waals surface area contributed by atoms with E-state index in [4.69, 9.17) is 5.73 Å². The maximum atomic E-state index is 5.25. The highest BCUT2D eigenvalue weighted by Crippen LogP contribution is 2.33. The lowest BCUT2D eigenvalue weighted by molar-refractivity contribution is 0.601. The van der Waals surface area contributed by atoms with Crippen molar-refractivity contribution in [3.05, 3.63) is 0 Å². The van der Waals surface area contributed by atoms with Crippen molar-refractivity contribution in [3.8, 4) is 0 Å². The molecule has 1 rings (SSSR count). The van der Waals surface area contributed by atoms with Crippen LogP contribution in [-0.4, -0.2) is 13.2 Å². The van der Waals surface area contributed by atoms with Gasteiger partial charge >= 0.3 is 0 Å². The summed E-state index contributed by atoms with van der Waals surface area (Å²) in [5, 5.41) is 3.11. The summed E-state index contributed by atoms with van der Waals surface area (Å²) in [5.41, 5.74) is 5.25. The number of hydrogen-bond acceptors (Lipinski definition) is 2. The van der Waals surface area contributed by atoms with Crippen molar-refractivity contribution >= 4 is 0 Å². The van der Waals surface area contributed by atoms with Crippen LogP contribution in [0.25, 0.3) is 0 Å². The first-order valence-electron chi connectivity index (χ1n) is 3.84. The summed E-state index contributed by atoms with van der Waals surface area (Å²) in [6.07, 6.45) is 5.67. The molecule has 54 valence electrons. The highest BCUT2D eigenvalue weighted by Gasteiger charge is 2.19. The molecule has 0 saturated heterocycles. The largest absolute Gasteiger partial charge is 0.318 e. The quantitative estimate of drug-likeness (QED) is 0.422. The zero-order chi connectivity index (χ0) is 6.53. The van der Waals surface area contributed by atoms with Crippen LogP contribution in [0.5, 0.6) is 0 Å². The SMILES string of the molecule is NCNCCCC1CC1. The zero-order valence-electron chi connectivity index (χ0n) is 5.90. The Balaban J connectivity index is 1.71. The average Bonchev–Trinajstić information content (AvgIpc) is 2.63. The van der Waals surface area contributed by atoms with Crippen LogP contribution < -0.4 is 11.1 Å². The minimum absolute atomic E-state index is 0.630. The van der Waals surface area contributed by atoms with Gasteiger partial charge in [0.05, 0.1) is 0 Å². The molecule has 1 aliphatic carbocycles. The van der Waals surface area contributed by atoms with Crippen LogP contribution in [0.3, 0.4) is 0 Å². The molecule has 0 aromatic carbocycles. The Morgan fingerprint density at radius 3 is 2.78 bits per heavy atom. The Bertz CT molecular complexity index is 69.3. The lowest BCUT2D eigenvalue weighted by Crippen LogP contribution is -2.23. The van der Waals surface area contributed by atoms with E-state index in [9.17, 15) is 0 Å². The molecular formula is C7H16N2. The predicted molar refractivity (Wildman–Crippen MR) is 39.0 cm³/mol. The van der Waals surface area contributed by atoms with Gasteiger partial charge in [-0.2, -0.15) is 0 Å². The topological polar surface area (TPSA) is 38.0 Å². The van der Waals surface area contributed by atoms with Gasteiger partial charge in [-0.3, -0.25) is 0 Å². The van der Waals surface area contributed by atoms with E-state index in [0.29, 0.717) is 6.67 Å². The molecule has 0 radical (unpaired) electrons. The first-order valence-corrected chi connectivity index (χ1v) is 3.84. The van der Waals surface area contributed by atoms with Crippen molar-refractivity contribution in [2.45, 2.75) is 25.7 Å². The van der Waals surface area contributed by atoms with Crippen molar-refractivity contribution in [3.63, 3.8) is 0 Å². The van der Waals surface area contributed by atoms with Gasteiger partial charge in [0.1, 0.15) is 0 Å². The highest BCUT2D eigenvalue weighted by molar-refractivity contribution is 4.72. The van der Waals surface area contributed by atoms with Gasteiger partial charge in [0.15, 0.2) is 0 Å². The minimum atomic E-state index is 0.630. The second-order valence-electron chi connectivity index (χ2n) is 2.79. The molecular weight excluding hydrogens is 112 g/mol. The first-order chi connectivity index (χ1) is 4.43. The predicted octanol–water partition coefficient (Wildman–Crippen LogP) is 0.682. The smallest absolute Gasteiger partial charge is 0.0428 e. The fourth-order valence-corrected chi connectivity index (χ4v) is 1.02. The first kappa shape index (κ1) is 7.03. The minimum Gasteiger partial charge on any atom is -0.318 e.